The van der Waals surface area contributed by atoms with Crippen molar-refractivity contribution < 1.29 is 14.3 Å². The number of carbonyl (C=O) groups is 1. The lowest BCUT2D eigenvalue weighted by Crippen LogP contribution is -2.36. The number of halogens is 1. The molecule has 4 rings (SSSR count). The minimum atomic E-state index is -0.101. The molecule has 1 aliphatic rings. The molecule has 152 valence electrons. The maximum Gasteiger partial charge on any atom is 0.261 e. The largest absolute Gasteiger partial charge is 0.492 e. The Morgan fingerprint density at radius 2 is 2.07 bits per heavy atom. The number of rotatable bonds is 6. The molecule has 7 heteroatoms. The van der Waals surface area contributed by atoms with Crippen LogP contribution in [0.1, 0.15) is 21.3 Å². The van der Waals surface area contributed by atoms with Crippen molar-refractivity contribution in [1.29, 1.82) is 0 Å². The van der Waals surface area contributed by atoms with Gasteiger partial charge in [-0.1, -0.05) is 29.8 Å². The minimum Gasteiger partial charge on any atom is -0.492 e. The second-order valence-electron chi connectivity index (χ2n) is 7.02. The standard InChI is InChI=1S/C22H23ClN2O3S/c1-25-11-13-28-18(14-25)20-17-4-2-3-5-19(17)29-21(20)22(26)24-10-12-27-16-8-6-15(23)7-9-16/h2-9,18H,10-14H2,1H3,(H,24,26)/t18-/m0/s1. The molecule has 29 heavy (non-hydrogen) atoms. The van der Waals surface area contributed by atoms with Crippen LogP contribution in [-0.2, 0) is 4.74 Å². The second-order valence-corrected chi connectivity index (χ2v) is 8.51. The van der Waals surface area contributed by atoms with Crippen LogP contribution in [0.15, 0.2) is 48.5 Å². The molecule has 1 atom stereocenters. The van der Waals surface area contributed by atoms with E-state index >= 15 is 0 Å². The van der Waals surface area contributed by atoms with Crippen LogP contribution in [0.4, 0.5) is 0 Å². The van der Waals surface area contributed by atoms with Crippen LogP contribution >= 0.6 is 22.9 Å². The van der Waals surface area contributed by atoms with Crippen molar-refractivity contribution in [2.24, 2.45) is 0 Å². The van der Waals surface area contributed by atoms with Gasteiger partial charge in [0.15, 0.2) is 0 Å². The van der Waals surface area contributed by atoms with Gasteiger partial charge >= 0.3 is 0 Å². The zero-order valence-electron chi connectivity index (χ0n) is 16.2. The lowest BCUT2D eigenvalue weighted by molar-refractivity contribution is -0.0202. The number of thiophene rings is 1. The summed E-state index contributed by atoms with van der Waals surface area (Å²) in [6.07, 6.45) is -0.101. The van der Waals surface area contributed by atoms with Gasteiger partial charge in [-0.3, -0.25) is 4.79 Å². The Hall–Kier alpha value is -2.12. The summed E-state index contributed by atoms with van der Waals surface area (Å²) in [5.74, 6) is 0.641. The van der Waals surface area contributed by atoms with E-state index in [9.17, 15) is 4.79 Å². The molecule has 0 radical (unpaired) electrons. The number of hydrogen-bond acceptors (Lipinski definition) is 5. The zero-order chi connectivity index (χ0) is 20.2. The Morgan fingerprint density at radius 1 is 1.28 bits per heavy atom. The van der Waals surface area contributed by atoms with E-state index in [4.69, 9.17) is 21.1 Å². The molecule has 1 saturated heterocycles. The summed E-state index contributed by atoms with van der Waals surface area (Å²) < 4.78 is 12.8. The monoisotopic (exact) mass is 430 g/mol. The topological polar surface area (TPSA) is 50.8 Å². The molecule has 1 amide bonds. The van der Waals surface area contributed by atoms with Gasteiger partial charge in [0, 0.05) is 28.4 Å². The van der Waals surface area contributed by atoms with Gasteiger partial charge in [0.25, 0.3) is 5.91 Å². The lowest BCUT2D eigenvalue weighted by Gasteiger charge is -2.30. The van der Waals surface area contributed by atoms with E-state index in [1.807, 2.05) is 24.3 Å². The fourth-order valence-electron chi connectivity index (χ4n) is 3.45. The first-order chi connectivity index (χ1) is 14.1. The summed E-state index contributed by atoms with van der Waals surface area (Å²) in [6, 6.07) is 15.3. The molecule has 5 nitrogen and oxygen atoms in total. The molecule has 1 N–H and O–H groups in total. The van der Waals surface area contributed by atoms with Gasteiger partial charge in [-0.15, -0.1) is 11.3 Å². The van der Waals surface area contributed by atoms with Gasteiger partial charge in [0.2, 0.25) is 0 Å². The van der Waals surface area contributed by atoms with Gasteiger partial charge < -0.3 is 19.7 Å². The number of likely N-dealkylation sites (N-methyl/N-ethyl adjacent to an activating group) is 1. The van der Waals surface area contributed by atoms with Gasteiger partial charge in [-0.25, -0.2) is 0 Å². The highest BCUT2D eigenvalue weighted by Crippen LogP contribution is 2.38. The molecule has 0 bridgehead atoms. The summed E-state index contributed by atoms with van der Waals surface area (Å²) in [6.45, 7) is 3.15. The number of fused-ring (bicyclic) bond motifs is 1. The highest BCUT2D eigenvalue weighted by molar-refractivity contribution is 7.21. The molecule has 0 saturated carbocycles. The maximum atomic E-state index is 13.0. The van der Waals surface area contributed by atoms with Crippen LogP contribution in [0.2, 0.25) is 5.02 Å². The minimum absolute atomic E-state index is 0.0854. The first-order valence-corrected chi connectivity index (χ1v) is 10.8. The summed E-state index contributed by atoms with van der Waals surface area (Å²) in [7, 11) is 2.08. The van der Waals surface area contributed by atoms with E-state index in [0.717, 1.165) is 39.4 Å². The third-order valence-electron chi connectivity index (χ3n) is 4.90. The number of nitrogens with zero attached hydrogens (tertiary/aromatic N) is 1. The fourth-order valence-corrected chi connectivity index (χ4v) is 4.75. The number of nitrogens with one attached hydrogen (secondary N) is 1. The van der Waals surface area contributed by atoms with Crippen molar-refractivity contribution in [2.75, 3.05) is 39.9 Å². The Bertz CT molecular complexity index is 989. The van der Waals surface area contributed by atoms with E-state index in [1.165, 1.54) is 11.3 Å². The van der Waals surface area contributed by atoms with Crippen LogP contribution in [0.25, 0.3) is 10.1 Å². The normalized spacial score (nSPS) is 17.4. The van der Waals surface area contributed by atoms with Gasteiger partial charge in [0.05, 0.1) is 24.1 Å². The van der Waals surface area contributed by atoms with Crippen LogP contribution in [-0.4, -0.2) is 50.7 Å². The van der Waals surface area contributed by atoms with Crippen LogP contribution < -0.4 is 10.1 Å². The molecule has 0 aliphatic carbocycles. The number of amides is 1. The van der Waals surface area contributed by atoms with Crippen molar-refractivity contribution in [2.45, 2.75) is 6.10 Å². The second kappa shape index (κ2) is 9.13. The SMILES string of the molecule is CN1CCO[C@H](c2c(C(=O)NCCOc3ccc(Cl)cc3)sc3ccccc23)C1. The Morgan fingerprint density at radius 3 is 2.86 bits per heavy atom. The number of ether oxygens (including phenoxy) is 2. The Balaban J connectivity index is 1.46. The molecule has 1 aliphatic heterocycles. The van der Waals surface area contributed by atoms with Crippen LogP contribution in [0.5, 0.6) is 5.75 Å². The summed E-state index contributed by atoms with van der Waals surface area (Å²) in [5, 5.41) is 4.75. The van der Waals surface area contributed by atoms with Crippen LogP contribution in [0.3, 0.4) is 0 Å². The number of morpholine rings is 1. The fraction of sp³-hybridized carbons (Fsp3) is 0.318. The number of hydrogen-bond donors (Lipinski definition) is 1. The summed E-state index contributed by atoms with van der Waals surface area (Å²) in [5.41, 5.74) is 0.994. The molecular formula is C22H23ClN2O3S. The van der Waals surface area contributed by atoms with Crippen molar-refractivity contribution in [3.8, 4) is 5.75 Å². The molecule has 0 unspecified atom stereocenters. The van der Waals surface area contributed by atoms with E-state index in [2.05, 4.69) is 29.4 Å². The van der Waals surface area contributed by atoms with Crippen LogP contribution in [0, 0.1) is 0 Å². The maximum absolute atomic E-state index is 13.0. The average molecular weight is 431 g/mol. The first-order valence-electron chi connectivity index (χ1n) is 9.60. The van der Waals surface area contributed by atoms with E-state index < -0.39 is 0 Å². The van der Waals surface area contributed by atoms with Crippen molar-refractivity contribution in [3.05, 3.63) is 64.0 Å². The van der Waals surface area contributed by atoms with E-state index in [0.29, 0.717) is 24.8 Å². The van der Waals surface area contributed by atoms with Crippen molar-refractivity contribution in [1.82, 2.24) is 10.2 Å². The van der Waals surface area contributed by atoms with Gasteiger partial charge in [-0.05, 0) is 42.8 Å². The molecule has 2 aromatic carbocycles. The average Bonchev–Trinajstić information content (AvgIpc) is 3.12. The molecular weight excluding hydrogens is 408 g/mol. The summed E-state index contributed by atoms with van der Waals surface area (Å²) >= 11 is 7.40. The Labute approximate surface area is 179 Å². The van der Waals surface area contributed by atoms with Crippen molar-refractivity contribution in [3.63, 3.8) is 0 Å². The Kier molecular flexibility index (Phi) is 6.35. The molecule has 0 spiro atoms. The van der Waals surface area contributed by atoms with Gasteiger partial charge in [-0.2, -0.15) is 0 Å². The molecule has 1 aromatic heterocycles. The smallest absolute Gasteiger partial charge is 0.261 e. The number of carbonyl (C=O) groups excluding carboxylic acids is 1. The molecule has 2 heterocycles. The third-order valence-corrected chi connectivity index (χ3v) is 6.34. The highest BCUT2D eigenvalue weighted by atomic mass is 35.5. The van der Waals surface area contributed by atoms with E-state index in [-0.39, 0.29) is 12.0 Å². The predicted molar refractivity (Wildman–Crippen MR) is 117 cm³/mol. The predicted octanol–water partition coefficient (Wildman–Crippen LogP) is 4.37. The van der Waals surface area contributed by atoms with Gasteiger partial charge in [0.1, 0.15) is 12.4 Å². The van der Waals surface area contributed by atoms with E-state index in [1.54, 1.807) is 12.1 Å². The lowest BCUT2D eigenvalue weighted by atomic mass is 10.0. The molecule has 3 aromatic rings. The number of benzene rings is 2. The first kappa shape index (κ1) is 20.2. The van der Waals surface area contributed by atoms with Crippen molar-refractivity contribution >= 4 is 38.9 Å². The molecule has 1 fully saturated rings. The quantitative estimate of drug-likeness (QED) is 0.590. The zero-order valence-corrected chi connectivity index (χ0v) is 17.8. The highest BCUT2D eigenvalue weighted by Gasteiger charge is 2.28. The summed E-state index contributed by atoms with van der Waals surface area (Å²) in [4.78, 5) is 15.9. The third kappa shape index (κ3) is 4.73.